The summed E-state index contributed by atoms with van der Waals surface area (Å²) in [6.07, 6.45) is 0. The van der Waals surface area contributed by atoms with Gasteiger partial charge in [-0.1, -0.05) is 40.5 Å². The molecule has 0 fully saturated rings. The SMILES string of the molecule is ClC(Cl)c1nc(-c2cccc(I)c2)no1. The van der Waals surface area contributed by atoms with Crippen LogP contribution in [-0.4, -0.2) is 10.1 Å². The highest BCUT2D eigenvalue weighted by molar-refractivity contribution is 14.1. The minimum atomic E-state index is -0.783. The van der Waals surface area contributed by atoms with Gasteiger partial charge in [0.25, 0.3) is 5.89 Å². The summed E-state index contributed by atoms with van der Waals surface area (Å²) < 4.78 is 5.99. The van der Waals surface area contributed by atoms with Crippen LogP contribution in [0.5, 0.6) is 0 Å². The molecule has 0 atom stereocenters. The van der Waals surface area contributed by atoms with Gasteiger partial charge in [-0.25, -0.2) is 0 Å². The van der Waals surface area contributed by atoms with Crippen molar-refractivity contribution in [3.8, 4) is 11.4 Å². The number of halogens is 3. The molecule has 0 saturated heterocycles. The van der Waals surface area contributed by atoms with Crippen LogP contribution in [0.25, 0.3) is 11.4 Å². The van der Waals surface area contributed by atoms with Crippen LogP contribution in [0.3, 0.4) is 0 Å². The first-order chi connectivity index (χ1) is 7.16. The molecule has 1 aromatic heterocycles. The van der Waals surface area contributed by atoms with Crippen LogP contribution in [0.1, 0.15) is 10.7 Å². The largest absolute Gasteiger partial charge is 0.336 e. The molecule has 1 heterocycles. The lowest BCUT2D eigenvalue weighted by molar-refractivity contribution is 0.388. The van der Waals surface area contributed by atoms with Crippen LogP contribution in [-0.2, 0) is 0 Å². The predicted molar refractivity (Wildman–Crippen MR) is 66.9 cm³/mol. The molecular formula is C9H5Cl2IN2O. The van der Waals surface area contributed by atoms with E-state index in [1.165, 1.54) is 0 Å². The van der Waals surface area contributed by atoms with Crippen LogP contribution in [0.15, 0.2) is 28.8 Å². The average molecular weight is 355 g/mol. The van der Waals surface area contributed by atoms with Crippen LogP contribution >= 0.6 is 45.8 Å². The molecule has 0 aliphatic heterocycles. The Balaban J connectivity index is 2.37. The van der Waals surface area contributed by atoms with Crippen LogP contribution in [0.4, 0.5) is 0 Å². The molecule has 0 saturated carbocycles. The molecule has 78 valence electrons. The van der Waals surface area contributed by atoms with E-state index in [0.717, 1.165) is 9.13 Å². The molecule has 2 aromatic rings. The van der Waals surface area contributed by atoms with E-state index in [4.69, 9.17) is 27.7 Å². The fraction of sp³-hybridized carbons (Fsp3) is 0.111. The standard InChI is InChI=1S/C9H5Cl2IN2O/c10-7(11)9-13-8(14-15-9)5-2-1-3-6(12)4-5/h1-4,7H. The zero-order valence-corrected chi connectivity index (χ0v) is 11.0. The Bertz CT molecular complexity index is 473. The Hall–Kier alpha value is -0.330. The number of benzene rings is 1. The molecule has 1 aromatic carbocycles. The number of nitrogens with zero attached hydrogens (tertiary/aromatic N) is 2. The van der Waals surface area contributed by atoms with Crippen molar-refractivity contribution in [3.05, 3.63) is 33.7 Å². The minimum absolute atomic E-state index is 0.215. The van der Waals surface area contributed by atoms with Crippen LogP contribution in [0.2, 0.25) is 0 Å². The Morgan fingerprint density at radius 1 is 1.33 bits per heavy atom. The third kappa shape index (κ3) is 2.62. The van der Waals surface area contributed by atoms with E-state index >= 15 is 0 Å². The van der Waals surface area contributed by atoms with E-state index in [-0.39, 0.29) is 5.89 Å². The first-order valence-electron chi connectivity index (χ1n) is 4.04. The van der Waals surface area contributed by atoms with Gasteiger partial charge in [0.15, 0.2) is 4.84 Å². The van der Waals surface area contributed by atoms with E-state index in [1.54, 1.807) is 0 Å². The van der Waals surface area contributed by atoms with Crippen LogP contribution < -0.4 is 0 Å². The van der Waals surface area contributed by atoms with Crippen molar-refractivity contribution in [1.29, 1.82) is 0 Å². The lowest BCUT2D eigenvalue weighted by Gasteiger charge is -1.94. The summed E-state index contributed by atoms with van der Waals surface area (Å²) >= 11 is 13.4. The number of rotatable bonds is 2. The molecular weight excluding hydrogens is 350 g/mol. The highest BCUT2D eigenvalue weighted by Gasteiger charge is 2.14. The molecule has 15 heavy (non-hydrogen) atoms. The van der Waals surface area contributed by atoms with E-state index in [0.29, 0.717) is 5.82 Å². The molecule has 2 rings (SSSR count). The normalized spacial score (nSPS) is 10.9. The lowest BCUT2D eigenvalue weighted by Crippen LogP contribution is -1.83. The van der Waals surface area contributed by atoms with Gasteiger partial charge in [-0.05, 0) is 34.7 Å². The van der Waals surface area contributed by atoms with Crippen molar-refractivity contribution in [1.82, 2.24) is 10.1 Å². The third-order valence-corrected chi connectivity index (χ3v) is 2.76. The van der Waals surface area contributed by atoms with Gasteiger partial charge in [0.05, 0.1) is 0 Å². The quantitative estimate of drug-likeness (QED) is 0.608. The van der Waals surface area contributed by atoms with Crippen LogP contribution in [0, 0.1) is 3.57 Å². The van der Waals surface area contributed by atoms with Gasteiger partial charge in [-0.3, -0.25) is 0 Å². The second kappa shape index (κ2) is 4.67. The molecule has 0 unspecified atom stereocenters. The second-order valence-electron chi connectivity index (χ2n) is 2.77. The van der Waals surface area contributed by atoms with E-state index in [2.05, 4.69) is 32.7 Å². The highest BCUT2D eigenvalue weighted by Crippen LogP contribution is 2.25. The number of aromatic nitrogens is 2. The summed E-state index contributed by atoms with van der Waals surface area (Å²) in [6, 6.07) is 7.75. The van der Waals surface area contributed by atoms with Gasteiger partial charge in [-0.15, -0.1) is 0 Å². The van der Waals surface area contributed by atoms with Gasteiger partial charge in [0, 0.05) is 9.13 Å². The topological polar surface area (TPSA) is 38.9 Å². The van der Waals surface area contributed by atoms with Crippen molar-refractivity contribution in [2.24, 2.45) is 0 Å². The third-order valence-electron chi connectivity index (χ3n) is 1.71. The number of hydrogen-bond donors (Lipinski definition) is 0. The molecule has 0 aliphatic rings. The summed E-state index contributed by atoms with van der Waals surface area (Å²) in [5.41, 5.74) is 0.880. The van der Waals surface area contributed by atoms with Gasteiger partial charge < -0.3 is 4.52 Å². The van der Waals surface area contributed by atoms with Gasteiger partial charge in [-0.2, -0.15) is 4.98 Å². The first-order valence-corrected chi connectivity index (χ1v) is 5.99. The average Bonchev–Trinajstić information content (AvgIpc) is 2.66. The van der Waals surface area contributed by atoms with Crippen molar-refractivity contribution in [3.63, 3.8) is 0 Å². The molecule has 6 heteroatoms. The fourth-order valence-electron chi connectivity index (χ4n) is 1.07. The fourth-order valence-corrected chi connectivity index (χ4v) is 1.79. The summed E-state index contributed by atoms with van der Waals surface area (Å²) in [5.74, 6) is 0.710. The Morgan fingerprint density at radius 3 is 2.73 bits per heavy atom. The zero-order valence-electron chi connectivity index (χ0n) is 7.32. The number of alkyl halides is 2. The van der Waals surface area contributed by atoms with Gasteiger partial charge >= 0.3 is 0 Å². The lowest BCUT2D eigenvalue weighted by atomic mass is 10.2. The second-order valence-corrected chi connectivity index (χ2v) is 5.11. The maximum atomic E-state index is 5.60. The monoisotopic (exact) mass is 354 g/mol. The minimum Gasteiger partial charge on any atom is -0.336 e. The summed E-state index contributed by atoms with van der Waals surface area (Å²) in [6.45, 7) is 0. The van der Waals surface area contributed by atoms with E-state index in [9.17, 15) is 0 Å². The highest BCUT2D eigenvalue weighted by atomic mass is 127. The van der Waals surface area contributed by atoms with Gasteiger partial charge in [0.1, 0.15) is 0 Å². The van der Waals surface area contributed by atoms with Crippen molar-refractivity contribution < 1.29 is 4.52 Å². The Kier molecular flexibility index (Phi) is 3.48. The molecule has 0 radical (unpaired) electrons. The summed E-state index contributed by atoms with van der Waals surface area (Å²) in [7, 11) is 0. The van der Waals surface area contributed by atoms with Gasteiger partial charge in [0.2, 0.25) is 5.82 Å². The van der Waals surface area contributed by atoms with Crippen molar-refractivity contribution in [2.75, 3.05) is 0 Å². The first kappa shape index (κ1) is 11.2. The zero-order chi connectivity index (χ0) is 10.8. The number of hydrogen-bond acceptors (Lipinski definition) is 3. The predicted octanol–water partition coefficient (Wildman–Crippen LogP) is 3.82. The maximum absolute atomic E-state index is 5.60. The Morgan fingerprint density at radius 2 is 2.13 bits per heavy atom. The van der Waals surface area contributed by atoms with E-state index < -0.39 is 4.84 Å². The maximum Gasteiger partial charge on any atom is 0.260 e. The molecule has 3 nitrogen and oxygen atoms in total. The Labute approximate surface area is 110 Å². The smallest absolute Gasteiger partial charge is 0.260 e. The molecule has 0 aliphatic carbocycles. The summed E-state index contributed by atoms with van der Waals surface area (Å²) in [4.78, 5) is 3.29. The molecule has 0 amide bonds. The van der Waals surface area contributed by atoms with Crippen molar-refractivity contribution in [2.45, 2.75) is 4.84 Å². The molecule has 0 bridgehead atoms. The van der Waals surface area contributed by atoms with Crippen molar-refractivity contribution >= 4 is 45.8 Å². The molecule has 0 spiro atoms. The summed E-state index contributed by atoms with van der Waals surface area (Å²) in [5, 5.41) is 3.79. The molecule has 0 N–H and O–H groups in total. The van der Waals surface area contributed by atoms with E-state index in [1.807, 2.05) is 24.3 Å².